The van der Waals surface area contributed by atoms with Crippen LogP contribution in [-0.4, -0.2) is 19.3 Å². The van der Waals surface area contributed by atoms with Crippen molar-refractivity contribution in [2.45, 2.75) is 6.10 Å². The number of azide groups is 1. The van der Waals surface area contributed by atoms with Gasteiger partial charge in [0.05, 0.1) is 6.54 Å². The minimum atomic E-state index is -0.155. The van der Waals surface area contributed by atoms with Crippen molar-refractivity contribution in [1.29, 1.82) is 0 Å². The highest BCUT2D eigenvalue weighted by atomic mass is 32.1. The van der Waals surface area contributed by atoms with Gasteiger partial charge in [-0.25, -0.2) is 0 Å². The fourth-order valence-electron chi connectivity index (χ4n) is 1.08. The smallest absolute Gasteiger partial charge is 0.172 e. The van der Waals surface area contributed by atoms with Crippen molar-refractivity contribution in [3.8, 4) is 11.5 Å². The van der Waals surface area contributed by atoms with E-state index in [9.17, 15) is 0 Å². The van der Waals surface area contributed by atoms with Crippen LogP contribution in [0.15, 0.2) is 15.9 Å². The van der Waals surface area contributed by atoms with E-state index in [0.717, 1.165) is 11.5 Å². The highest BCUT2D eigenvalue weighted by Crippen LogP contribution is 2.35. The normalized spacial score (nSPS) is 19.2. The van der Waals surface area contributed by atoms with Gasteiger partial charge in [-0.1, -0.05) is 5.11 Å². The zero-order chi connectivity index (χ0) is 9.10. The Morgan fingerprint density at radius 1 is 1.62 bits per heavy atom. The molecule has 0 fully saturated rings. The van der Waals surface area contributed by atoms with Crippen LogP contribution in [0.5, 0.6) is 11.5 Å². The molecule has 68 valence electrons. The van der Waals surface area contributed by atoms with Crippen LogP contribution in [0.25, 0.3) is 10.4 Å². The van der Waals surface area contributed by atoms with Crippen molar-refractivity contribution in [1.82, 2.24) is 0 Å². The molecule has 2 rings (SSSR count). The van der Waals surface area contributed by atoms with E-state index >= 15 is 0 Å². The summed E-state index contributed by atoms with van der Waals surface area (Å²) in [7, 11) is 0. The molecular formula is C7H7N3O2S. The molecule has 0 saturated heterocycles. The monoisotopic (exact) mass is 197 g/mol. The topological polar surface area (TPSA) is 67.2 Å². The molecule has 2 heterocycles. The first kappa shape index (κ1) is 8.22. The lowest BCUT2D eigenvalue weighted by Gasteiger charge is -2.22. The summed E-state index contributed by atoms with van der Waals surface area (Å²) in [6, 6.07) is 0. The summed E-state index contributed by atoms with van der Waals surface area (Å²) in [5.41, 5.74) is 8.12. The second-order valence-electron chi connectivity index (χ2n) is 2.56. The average Bonchev–Trinajstić information content (AvgIpc) is 2.61. The molecule has 0 amide bonds. The van der Waals surface area contributed by atoms with Gasteiger partial charge in [0.15, 0.2) is 11.5 Å². The van der Waals surface area contributed by atoms with Gasteiger partial charge in [0.1, 0.15) is 12.7 Å². The lowest BCUT2D eigenvalue weighted by atomic mass is 10.3. The highest BCUT2D eigenvalue weighted by Gasteiger charge is 2.20. The van der Waals surface area contributed by atoms with E-state index < -0.39 is 0 Å². The van der Waals surface area contributed by atoms with Crippen LogP contribution in [0.2, 0.25) is 0 Å². The molecule has 5 nitrogen and oxygen atoms in total. The minimum Gasteiger partial charge on any atom is -0.485 e. The standard InChI is InChI=1S/C7H7N3O2S/c8-10-9-1-5-2-11-6-3-13-4-7(6)12-5/h3-5H,1-2H2. The molecule has 0 N–H and O–H groups in total. The second kappa shape index (κ2) is 3.55. The van der Waals surface area contributed by atoms with Gasteiger partial charge in [0.2, 0.25) is 0 Å². The number of thiophene rings is 1. The zero-order valence-corrected chi connectivity index (χ0v) is 7.53. The van der Waals surface area contributed by atoms with Crippen LogP contribution >= 0.6 is 11.3 Å². The first-order valence-corrected chi connectivity index (χ1v) is 4.71. The molecular weight excluding hydrogens is 190 g/mol. The van der Waals surface area contributed by atoms with E-state index in [1.165, 1.54) is 11.3 Å². The molecule has 0 aliphatic carbocycles. The first-order chi connectivity index (χ1) is 6.40. The van der Waals surface area contributed by atoms with E-state index in [4.69, 9.17) is 15.0 Å². The van der Waals surface area contributed by atoms with Crippen LogP contribution in [0.4, 0.5) is 0 Å². The van der Waals surface area contributed by atoms with Gasteiger partial charge in [-0.05, 0) is 5.53 Å². The molecule has 0 aromatic carbocycles. The van der Waals surface area contributed by atoms with Gasteiger partial charge < -0.3 is 9.47 Å². The average molecular weight is 197 g/mol. The van der Waals surface area contributed by atoms with Crippen molar-refractivity contribution < 1.29 is 9.47 Å². The lowest BCUT2D eigenvalue weighted by molar-refractivity contribution is 0.0984. The van der Waals surface area contributed by atoms with E-state index in [1.807, 2.05) is 10.8 Å². The highest BCUT2D eigenvalue weighted by molar-refractivity contribution is 7.08. The maximum atomic E-state index is 8.12. The van der Waals surface area contributed by atoms with E-state index in [0.29, 0.717) is 13.2 Å². The summed E-state index contributed by atoms with van der Waals surface area (Å²) >= 11 is 1.53. The zero-order valence-electron chi connectivity index (χ0n) is 6.71. The number of fused-ring (bicyclic) bond motifs is 1. The third-order valence-corrected chi connectivity index (χ3v) is 2.36. The van der Waals surface area contributed by atoms with E-state index in [2.05, 4.69) is 10.0 Å². The van der Waals surface area contributed by atoms with E-state index in [1.54, 1.807) is 0 Å². The largest absolute Gasteiger partial charge is 0.485 e. The fraction of sp³-hybridized carbons (Fsp3) is 0.429. The lowest BCUT2D eigenvalue weighted by Crippen LogP contribution is -2.30. The third-order valence-electron chi connectivity index (χ3n) is 1.66. The Labute approximate surface area is 78.5 Å². The first-order valence-electron chi connectivity index (χ1n) is 3.76. The summed E-state index contributed by atoms with van der Waals surface area (Å²) in [6.45, 7) is 0.758. The number of ether oxygens (including phenoxy) is 2. The fourth-order valence-corrected chi connectivity index (χ4v) is 1.75. The Hall–Kier alpha value is -1.39. The van der Waals surface area contributed by atoms with Crippen molar-refractivity contribution >= 4 is 11.3 Å². The van der Waals surface area contributed by atoms with Gasteiger partial charge in [-0.15, -0.1) is 11.3 Å². The Kier molecular flexibility index (Phi) is 2.25. The number of rotatable bonds is 2. The van der Waals surface area contributed by atoms with Gasteiger partial charge in [-0.3, -0.25) is 0 Å². The molecule has 1 aliphatic rings. The summed E-state index contributed by atoms with van der Waals surface area (Å²) in [6.07, 6.45) is -0.155. The molecule has 1 atom stereocenters. The van der Waals surface area contributed by atoms with Crippen molar-refractivity contribution in [2.75, 3.05) is 13.2 Å². The summed E-state index contributed by atoms with van der Waals surface area (Å²) in [4.78, 5) is 2.67. The number of hydrogen-bond donors (Lipinski definition) is 0. The Morgan fingerprint density at radius 2 is 2.46 bits per heavy atom. The van der Waals surface area contributed by atoms with Crippen LogP contribution in [0.1, 0.15) is 0 Å². The third kappa shape index (κ3) is 1.68. The molecule has 0 saturated carbocycles. The molecule has 1 unspecified atom stereocenters. The SMILES string of the molecule is [N-]=[N+]=NCC1COc2cscc2O1. The predicted octanol–water partition coefficient (Wildman–Crippen LogP) is 2.20. The van der Waals surface area contributed by atoms with Crippen molar-refractivity contribution in [3.05, 3.63) is 21.2 Å². The molecule has 0 spiro atoms. The van der Waals surface area contributed by atoms with Crippen molar-refractivity contribution in [3.63, 3.8) is 0 Å². The Bertz CT molecular complexity index is 345. The second-order valence-corrected chi connectivity index (χ2v) is 3.31. The van der Waals surface area contributed by atoms with Gasteiger partial charge >= 0.3 is 0 Å². The molecule has 0 bridgehead atoms. The molecule has 1 aromatic heterocycles. The summed E-state index contributed by atoms with van der Waals surface area (Å²) in [5.74, 6) is 1.52. The molecule has 6 heteroatoms. The quantitative estimate of drug-likeness (QED) is 0.414. The Morgan fingerprint density at radius 3 is 3.31 bits per heavy atom. The van der Waals surface area contributed by atoms with Crippen LogP contribution in [0.3, 0.4) is 0 Å². The van der Waals surface area contributed by atoms with Crippen LogP contribution in [-0.2, 0) is 0 Å². The van der Waals surface area contributed by atoms with Gasteiger partial charge in [-0.2, -0.15) is 0 Å². The van der Waals surface area contributed by atoms with Crippen molar-refractivity contribution in [2.24, 2.45) is 5.11 Å². The maximum Gasteiger partial charge on any atom is 0.172 e. The molecule has 1 aliphatic heterocycles. The molecule has 1 aromatic rings. The molecule has 0 radical (unpaired) electrons. The number of hydrogen-bond acceptors (Lipinski definition) is 4. The van der Waals surface area contributed by atoms with Gasteiger partial charge in [0, 0.05) is 15.7 Å². The summed E-state index contributed by atoms with van der Waals surface area (Å²) < 4.78 is 10.9. The summed E-state index contributed by atoms with van der Waals surface area (Å²) in [5, 5.41) is 7.19. The number of nitrogens with zero attached hydrogens (tertiary/aromatic N) is 3. The maximum absolute atomic E-state index is 8.12. The molecule has 13 heavy (non-hydrogen) atoms. The van der Waals surface area contributed by atoms with E-state index in [-0.39, 0.29) is 6.10 Å². The minimum absolute atomic E-state index is 0.155. The predicted molar refractivity (Wildman–Crippen MR) is 48.2 cm³/mol. The van der Waals surface area contributed by atoms with Crippen LogP contribution < -0.4 is 9.47 Å². The Balaban J connectivity index is 2.04. The van der Waals surface area contributed by atoms with Crippen LogP contribution in [0, 0.1) is 0 Å². The van der Waals surface area contributed by atoms with Gasteiger partial charge in [0.25, 0.3) is 0 Å².